The summed E-state index contributed by atoms with van der Waals surface area (Å²) in [4.78, 5) is 0. The van der Waals surface area contributed by atoms with Crippen LogP contribution in [0.2, 0.25) is 0 Å². The molecule has 2 rings (SSSR count). The van der Waals surface area contributed by atoms with E-state index in [0.29, 0.717) is 11.5 Å². The molecule has 1 aromatic rings. The van der Waals surface area contributed by atoms with Gasteiger partial charge in [-0.15, -0.1) is 11.8 Å². The van der Waals surface area contributed by atoms with Crippen LogP contribution in [0.15, 0.2) is 6.07 Å². The molecule has 0 radical (unpaired) electrons. The van der Waals surface area contributed by atoms with Gasteiger partial charge in [-0.05, 0) is 38.0 Å². The topological polar surface area (TPSA) is 38.7 Å². The Morgan fingerprint density at radius 1 is 1.33 bits per heavy atom. The maximum absolute atomic E-state index is 10.6. The summed E-state index contributed by atoms with van der Waals surface area (Å²) in [7, 11) is 3.24. The Balaban J connectivity index is 2.69. The van der Waals surface area contributed by atoms with Crippen LogP contribution in [-0.2, 0) is 5.75 Å². The molecule has 0 aliphatic carbocycles. The molecule has 0 aromatic heterocycles. The zero-order valence-electron chi connectivity index (χ0n) is 11.5. The molecule has 0 spiro atoms. The van der Waals surface area contributed by atoms with E-state index in [9.17, 15) is 5.11 Å². The number of hydrogen-bond acceptors (Lipinski definition) is 4. The predicted octanol–water partition coefficient (Wildman–Crippen LogP) is 3.07. The van der Waals surface area contributed by atoms with E-state index in [0.717, 1.165) is 16.9 Å². The van der Waals surface area contributed by atoms with Crippen molar-refractivity contribution in [2.45, 2.75) is 37.4 Å². The van der Waals surface area contributed by atoms with Gasteiger partial charge in [0, 0.05) is 16.1 Å². The Bertz CT molecular complexity index is 469. The lowest BCUT2D eigenvalue weighted by Crippen LogP contribution is -2.31. The van der Waals surface area contributed by atoms with Crippen molar-refractivity contribution >= 4 is 11.8 Å². The van der Waals surface area contributed by atoms with Gasteiger partial charge in [-0.1, -0.05) is 0 Å². The molecule has 4 heteroatoms. The Hall–Kier alpha value is -0.870. The van der Waals surface area contributed by atoms with Gasteiger partial charge in [0.25, 0.3) is 0 Å². The lowest BCUT2D eigenvalue weighted by molar-refractivity contribution is 0.136. The van der Waals surface area contributed by atoms with Gasteiger partial charge in [0.2, 0.25) is 0 Å². The molecular weight excluding hydrogens is 248 g/mol. The smallest absolute Gasteiger partial charge is 0.166 e. The molecule has 100 valence electrons. The maximum Gasteiger partial charge on any atom is 0.166 e. The number of hydrogen-bond donors (Lipinski definition) is 1. The van der Waals surface area contributed by atoms with Crippen LogP contribution in [0.3, 0.4) is 0 Å². The third kappa shape index (κ3) is 1.97. The first-order chi connectivity index (χ1) is 8.42. The van der Waals surface area contributed by atoms with Crippen molar-refractivity contribution in [1.29, 1.82) is 0 Å². The van der Waals surface area contributed by atoms with E-state index < -0.39 is 6.10 Å². The zero-order valence-corrected chi connectivity index (χ0v) is 12.4. The predicted molar refractivity (Wildman–Crippen MR) is 74.6 cm³/mol. The molecule has 1 heterocycles. The normalized spacial score (nSPS) is 21.3. The van der Waals surface area contributed by atoms with Gasteiger partial charge in [-0.2, -0.15) is 0 Å². The van der Waals surface area contributed by atoms with E-state index in [-0.39, 0.29) is 4.75 Å². The second kappa shape index (κ2) is 4.67. The Morgan fingerprint density at radius 3 is 2.56 bits per heavy atom. The van der Waals surface area contributed by atoms with Gasteiger partial charge in [-0.25, -0.2) is 0 Å². The number of rotatable bonds is 2. The van der Waals surface area contributed by atoms with Crippen LogP contribution in [-0.4, -0.2) is 24.1 Å². The third-order valence-electron chi connectivity index (χ3n) is 3.56. The fourth-order valence-electron chi connectivity index (χ4n) is 2.36. The van der Waals surface area contributed by atoms with Gasteiger partial charge in [-0.3, -0.25) is 0 Å². The molecule has 1 aliphatic heterocycles. The number of methoxy groups -OCH3 is 2. The molecule has 0 bridgehead atoms. The van der Waals surface area contributed by atoms with Crippen molar-refractivity contribution in [2.75, 3.05) is 14.2 Å². The van der Waals surface area contributed by atoms with Gasteiger partial charge >= 0.3 is 0 Å². The van der Waals surface area contributed by atoms with Gasteiger partial charge in [0.05, 0.1) is 20.3 Å². The van der Waals surface area contributed by atoms with E-state index in [1.165, 1.54) is 5.56 Å². The summed E-state index contributed by atoms with van der Waals surface area (Å²) in [5.74, 6) is 2.25. The number of thioether (sulfide) groups is 1. The highest BCUT2D eigenvalue weighted by molar-refractivity contribution is 7.99. The fraction of sp³-hybridized carbons (Fsp3) is 0.571. The van der Waals surface area contributed by atoms with Crippen molar-refractivity contribution in [2.24, 2.45) is 0 Å². The summed E-state index contributed by atoms with van der Waals surface area (Å²) >= 11 is 1.77. The van der Waals surface area contributed by atoms with Gasteiger partial charge in [0.15, 0.2) is 11.5 Å². The lowest BCUT2D eigenvalue weighted by atomic mass is 9.90. The molecule has 0 saturated carbocycles. The van der Waals surface area contributed by atoms with E-state index in [2.05, 4.69) is 13.8 Å². The maximum atomic E-state index is 10.6. The minimum absolute atomic E-state index is 0.209. The van der Waals surface area contributed by atoms with Gasteiger partial charge in [0.1, 0.15) is 0 Å². The van der Waals surface area contributed by atoms with Crippen LogP contribution in [0.4, 0.5) is 0 Å². The van der Waals surface area contributed by atoms with Crippen LogP contribution in [0.25, 0.3) is 0 Å². The molecule has 1 aliphatic rings. The molecule has 1 unspecified atom stereocenters. The first-order valence-corrected chi connectivity index (χ1v) is 6.97. The number of aliphatic hydroxyl groups is 1. The van der Waals surface area contributed by atoms with Gasteiger partial charge < -0.3 is 14.6 Å². The van der Waals surface area contributed by atoms with Crippen LogP contribution < -0.4 is 9.47 Å². The standard InChI is InChI=1S/C14H20O3S/c1-8-6-10(16-4)12(17-5)11-9(8)7-18-14(2,3)13(11)15/h6,13,15H,7H2,1-5H3. The highest BCUT2D eigenvalue weighted by Crippen LogP contribution is 2.51. The van der Waals surface area contributed by atoms with Crippen LogP contribution in [0, 0.1) is 6.92 Å². The number of fused-ring (bicyclic) bond motifs is 1. The first-order valence-electron chi connectivity index (χ1n) is 5.98. The summed E-state index contributed by atoms with van der Waals surface area (Å²) in [6, 6.07) is 1.98. The average Bonchev–Trinajstić information content (AvgIpc) is 2.33. The second-order valence-electron chi connectivity index (χ2n) is 5.12. The zero-order chi connectivity index (χ0) is 13.5. The average molecular weight is 268 g/mol. The Labute approximate surface area is 112 Å². The van der Waals surface area contributed by atoms with Crippen molar-refractivity contribution in [3.8, 4) is 11.5 Å². The Kier molecular flexibility index (Phi) is 3.52. The molecule has 18 heavy (non-hydrogen) atoms. The Morgan fingerprint density at radius 2 is 2.00 bits per heavy atom. The van der Waals surface area contributed by atoms with Crippen LogP contribution in [0.1, 0.15) is 36.6 Å². The van der Waals surface area contributed by atoms with Crippen LogP contribution in [0.5, 0.6) is 11.5 Å². The van der Waals surface area contributed by atoms with E-state index in [4.69, 9.17) is 9.47 Å². The second-order valence-corrected chi connectivity index (χ2v) is 6.75. The summed E-state index contributed by atoms with van der Waals surface area (Å²) in [6.45, 7) is 6.16. The lowest BCUT2D eigenvalue weighted by Gasteiger charge is -2.37. The van der Waals surface area contributed by atoms with Crippen molar-refractivity contribution in [3.05, 3.63) is 22.8 Å². The first kappa shape index (κ1) is 13.6. The highest BCUT2D eigenvalue weighted by Gasteiger charge is 2.39. The monoisotopic (exact) mass is 268 g/mol. The molecule has 0 fully saturated rings. The SMILES string of the molecule is COc1cc(C)c2c(c1OC)C(O)C(C)(C)SC2. The fourth-order valence-corrected chi connectivity index (χ4v) is 3.53. The minimum atomic E-state index is -0.546. The van der Waals surface area contributed by atoms with Crippen LogP contribution >= 0.6 is 11.8 Å². The molecule has 1 atom stereocenters. The molecule has 0 amide bonds. The van der Waals surface area contributed by atoms with E-state index >= 15 is 0 Å². The van der Waals surface area contributed by atoms with Crippen molar-refractivity contribution < 1.29 is 14.6 Å². The summed E-state index contributed by atoms with van der Waals surface area (Å²) in [6.07, 6.45) is -0.546. The third-order valence-corrected chi connectivity index (χ3v) is 4.96. The molecule has 1 aromatic carbocycles. The highest BCUT2D eigenvalue weighted by atomic mass is 32.2. The number of aliphatic hydroxyl groups excluding tert-OH is 1. The number of benzene rings is 1. The van der Waals surface area contributed by atoms with Crippen molar-refractivity contribution in [3.63, 3.8) is 0 Å². The molecular formula is C14H20O3S. The molecule has 0 saturated heterocycles. The summed E-state index contributed by atoms with van der Waals surface area (Å²) < 4.78 is 10.6. The van der Waals surface area contributed by atoms with E-state index in [1.807, 2.05) is 13.0 Å². The minimum Gasteiger partial charge on any atom is -0.493 e. The quantitative estimate of drug-likeness (QED) is 0.894. The van der Waals surface area contributed by atoms with E-state index in [1.54, 1.807) is 26.0 Å². The molecule has 1 N–H and O–H groups in total. The summed E-state index contributed by atoms with van der Waals surface area (Å²) in [5, 5.41) is 10.6. The molecule has 3 nitrogen and oxygen atoms in total. The number of aryl methyl sites for hydroxylation is 1. The number of ether oxygens (including phenoxy) is 2. The van der Waals surface area contributed by atoms with Crippen molar-refractivity contribution in [1.82, 2.24) is 0 Å². The largest absolute Gasteiger partial charge is 0.493 e. The summed E-state index contributed by atoms with van der Waals surface area (Å²) in [5.41, 5.74) is 3.20.